The molecule has 2 aromatic rings. The summed E-state index contributed by atoms with van der Waals surface area (Å²) in [6, 6.07) is 5.22. The van der Waals surface area contributed by atoms with Crippen molar-refractivity contribution in [2.75, 3.05) is 0 Å². The fraction of sp³-hybridized carbons (Fsp3) is 0.810. The number of hydrogen-bond acceptors (Lipinski definition) is 3. The van der Waals surface area contributed by atoms with E-state index >= 15 is 0 Å². The zero-order valence-corrected chi connectivity index (χ0v) is 36.6. The Morgan fingerprint density at radius 3 is 1.59 bits per heavy atom. The van der Waals surface area contributed by atoms with E-state index in [-0.39, 0.29) is 5.60 Å². The molecule has 0 aliphatic carbocycles. The summed E-state index contributed by atoms with van der Waals surface area (Å²) in [5, 5.41) is 0. The normalized spacial score (nSPS) is 17.7. The van der Waals surface area contributed by atoms with Gasteiger partial charge < -0.3 is 0 Å². The number of rotatable bonds is 24. The summed E-state index contributed by atoms with van der Waals surface area (Å²) in [6.45, 7) is 24.1. The first-order valence-corrected chi connectivity index (χ1v) is 29.0. The maximum absolute atomic E-state index is 7.59. The van der Waals surface area contributed by atoms with E-state index in [4.69, 9.17) is 4.74 Å². The molecular formula is C42H74OS2Sn. The van der Waals surface area contributed by atoms with Crippen LogP contribution in [-0.4, -0.2) is 18.4 Å². The molecule has 3 rings (SSSR count). The monoisotopic (exact) mass is 778 g/mol. The zero-order chi connectivity index (χ0) is 33.7. The van der Waals surface area contributed by atoms with E-state index in [1.54, 1.807) is 10.4 Å². The van der Waals surface area contributed by atoms with Gasteiger partial charge in [0.05, 0.1) is 0 Å². The Bertz CT molecular complexity index is 1080. The van der Waals surface area contributed by atoms with Crippen LogP contribution < -0.4 is 7.63 Å². The molecule has 46 heavy (non-hydrogen) atoms. The Hall–Kier alpha value is -0.00130. The molecule has 0 bridgehead atoms. The van der Waals surface area contributed by atoms with Crippen molar-refractivity contribution in [3.8, 4) is 15.5 Å². The van der Waals surface area contributed by atoms with E-state index < -0.39 is 18.4 Å². The van der Waals surface area contributed by atoms with E-state index in [0.717, 1.165) is 36.5 Å². The first-order valence-electron chi connectivity index (χ1n) is 19.9. The molecule has 2 aromatic heterocycles. The van der Waals surface area contributed by atoms with Crippen LogP contribution in [0.5, 0.6) is 5.75 Å². The van der Waals surface area contributed by atoms with Gasteiger partial charge in [0.2, 0.25) is 0 Å². The van der Waals surface area contributed by atoms with Gasteiger partial charge in [-0.3, -0.25) is 0 Å². The summed E-state index contributed by atoms with van der Waals surface area (Å²) in [5.41, 5.74) is 1.38. The second kappa shape index (κ2) is 20.0. The van der Waals surface area contributed by atoms with Crippen LogP contribution in [0.3, 0.4) is 0 Å². The van der Waals surface area contributed by atoms with Gasteiger partial charge in [-0.2, -0.15) is 0 Å². The van der Waals surface area contributed by atoms with Crippen LogP contribution in [0.2, 0.25) is 13.3 Å². The van der Waals surface area contributed by atoms with Crippen LogP contribution in [0.25, 0.3) is 9.75 Å². The number of unbranched alkanes of at least 4 members (excludes halogenated alkanes) is 3. The number of ether oxygens (including phenoxy) is 1. The van der Waals surface area contributed by atoms with Gasteiger partial charge in [-0.15, -0.1) is 0 Å². The van der Waals surface area contributed by atoms with Gasteiger partial charge in [-0.25, -0.2) is 0 Å². The summed E-state index contributed by atoms with van der Waals surface area (Å²) in [6.07, 6.45) is 21.3. The second-order valence-electron chi connectivity index (χ2n) is 16.5. The van der Waals surface area contributed by atoms with Gasteiger partial charge in [0, 0.05) is 0 Å². The van der Waals surface area contributed by atoms with Crippen molar-refractivity contribution in [2.45, 2.75) is 191 Å². The van der Waals surface area contributed by atoms with Gasteiger partial charge in [0.1, 0.15) is 0 Å². The molecule has 2 unspecified atom stereocenters. The molecule has 0 fully saturated rings. The molecule has 3 heterocycles. The van der Waals surface area contributed by atoms with Crippen LogP contribution in [0.1, 0.15) is 175 Å². The fourth-order valence-electron chi connectivity index (χ4n) is 7.94. The molecule has 1 aliphatic heterocycles. The van der Waals surface area contributed by atoms with Crippen molar-refractivity contribution in [3.63, 3.8) is 0 Å². The third-order valence-electron chi connectivity index (χ3n) is 11.1. The van der Waals surface area contributed by atoms with Gasteiger partial charge in [0.25, 0.3) is 0 Å². The summed E-state index contributed by atoms with van der Waals surface area (Å²) in [5.74, 6) is 4.41. The predicted octanol–water partition coefficient (Wildman–Crippen LogP) is 14.9. The van der Waals surface area contributed by atoms with Crippen LogP contribution in [-0.2, 0) is 5.60 Å². The number of fused-ring (bicyclic) bond motifs is 3. The molecule has 0 radical (unpaired) electrons. The Morgan fingerprint density at radius 1 is 0.630 bits per heavy atom. The molecule has 4 heteroatoms. The molecule has 264 valence electrons. The molecule has 0 spiro atoms. The molecule has 1 aliphatic rings. The van der Waals surface area contributed by atoms with Gasteiger partial charge in [0.15, 0.2) is 0 Å². The first-order chi connectivity index (χ1) is 22.0. The molecule has 0 saturated carbocycles. The van der Waals surface area contributed by atoms with Crippen molar-refractivity contribution in [1.82, 2.24) is 0 Å². The number of aryl methyl sites for hydroxylation is 1. The predicted molar refractivity (Wildman–Crippen MR) is 213 cm³/mol. The summed E-state index contributed by atoms with van der Waals surface area (Å²) in [7, 11) is 0. The number of hydrogen-bond donors (Lipinski definition) is 0. The van der Waals surface area contributed by atoms with Crippen LogP contribution in [0.4, 0.5) is 0 Å². The molecule has 2 atom stereocenters. The second-order valence-corrected chi connectivity index (χ2v) is 33.0. The third-order valence-corrected chi connectivity index (χ3v) is 31.7. The molecule has 0 amide bonds. The van der Waals surface area contributed by atoms with Gasteiger partial charge in [-0.05, 0) is 0 Å². The SMILES string of the molecule is CCC[CH2][Sn]([CH2]CCC)([CH2]CCC)[c]1cc2c(s1)-c1sc(C)cc1C(CCC(C)CCCC(C)C)(CCC(C)CCCC(C)C)O2. The molecule has 0 N–H and O–H groups in total. The Kier molecular flexibility index (Phi) is 17.6. The molecule has 0 aromatic carbocycles. The van der Waals surface area contributed by atoms with Crippen molar-refractivity contribution < 1.29 is 4.74 Å². The van der Waals surface area contributed by atoms with Crippen molar-refractivity contribution >= 4 is 43.9 Å². The average molecular weight is 778 g/mol. The summed E-state index contributed by atoms with van der Waals surface area (Å²) >= 11 is 1.72. The standard InChI is InChI=1S/C30H47OS2.3C4H9.Sn/c1-21(2)10-8-12-23(5)14-17-30(18-15-24(6)13-9-11-22(3)4)26-20-25(7)33-28(26)29-27(31-30)16-19-32-29;3*1-3-4-2;/h16,20-24H,8-15,17-18H2,1-7H3;3*1,3-4H2,2H3;. The van der Waals surface area contributed by atoms with E-state index in [1.807, 2.05) is 2.89 Å². The Labute approximate surface area is 299 Å². The van der Waals surface area contributed by atoms with E-state index in [2.05, 4.69) is 104 Å². The third kappa shape index (κ3) is 11.5. The summed E-state index contributed by atoms with van der Waals surface area (Å²) in [4.78, 5) is 4.55. The summed E-state index contributed by atoms with van der Waals surface area (Å²) < 4.78 is 14.0. The molecular weight excluding hydrogens is 703 g/mol. The van der Waals surface area contributed by atoms with Crippen molar-refractivity contribution in [2.24, 2.45) is 23.7 Å². The topological polar surface area (TPSA) is 9.23 Å². The minimum atomic E-state index is -2.56. The first kappa shape index (κ1) is 40.4. The Balaban J connectivity index is 2.00. The van der Waals surface area contributed by atoms with Crippen LogP contribution >= 0.6 is 22.7 Å². The van der Waals surface area contributed by atoms with Gasteiger partial charge in [-0.1, -0.05) is 27.7 Å². The molecule has 0 saturated heterocycles. The van der Waals surface area contributed by atoms with Crippen molar-refractivity contribution in [1.29, 1.82) is 0 Å². The van der Waals surface area contributed by atoms with E-state index in [1.165, 1.54) is 119 Å². The quantitative estimate of drug-likeness (QED) is 0.0965. The maximum atomic E-state index is 7.59. The Morgan fingerprint density at radius 2 is 1.13 bits per heavy atom. The van der Waals surface area contributed by atoms with Crippen LogP contribution in [0.15, 0.2) is 12.1 Å². The van der Waals surface area contributed by atoms with Crippen molar-refractivity contribution in [3.05, 3.63) is 22.6 Å². The van der Waals surface area contributed by atoms with Gasteiger partial charge >= 0.3 is 274 Å². The minimum absolute atomic E-state index is 0.168. The van der Waals surface area contributed by atoms with E-state index in [0.29, 0.717) is 0 Å². The van der Waals surface area contributed by atoms with E-state index in [9.17, 15) is 0 Å². The number of thiophene rings is 2. The average Bonchev–Trinajstić information content (AvgIpc) is 3.62. The molecule has 1 nitrogen and oxygen atoms in total. The zero-order valence-electron chi connectivity index (χ0n) is 32.1. The van der Waals surface area contributed by atoms with Crippen LogP contribution in [0, 0.1) is 30.6 Å². The fourth-order valence-corrected chi connectivity index (χ4v) is 29.3.